The molecule has 0 heterocycles. The maximum atomic E-state index is 5.62. The third-order valence-corrected chi connectivity index (χ3v) is 3.15. The molecule has 0 atom stereocenters. The molecule has 2 aromatic carbocycles. The van der Waals surface area contributed by atoms with Crippen molar-refractivity contribution in [1.29, 1.82) is 0 Å². The van der Waals surface area contributed by atoms with Crippen LogP contribution >= 0.6 is 28.6 Å². The Morgan fingerprint density at radius 1 is 1.06 bits per heavy atom. The van der Waals surface area contributed by atoms with E-state index >= 15 is 0 Å². The highest BCUT2D eigenvalue weighted by atomic mass is 79.9. The fourth-order valence-corrected chi connectivity index (χ4v) is 2.05. The molecule has 0 bridgehead atoms. The lowest BCUT2D eigenvalue weighted by atomic mass is 10.1. The van der Waals surface area contributed by atoms with Gasteiger partial charge >= 0.3 is 0 Å². The van der Waals surface area contributed by atoms with E-state index in [1.165, 1.54) is 10.8 Å². The Kier molecular flexibility index (Phi) is 4.13. The Labute approximate surface area is 109 Å². The number of hydrogen-bond donors (Lipinski definition) is 1. The minimum Gasteiger partial charge on any atom is -0.494 e. The zero-order chi connectivity index (χ0) is 11.4. The molecular formula is C13H13BrOS. The van der Waals surface area contributed by atoms with Crippen LogP contribution in [0.4, 0.5) is 0 Å². The van der Waals surface area contributed by atoms with Gasteiger partial charge in [-0.2, -0.15) is 12.6 Å². The van der Waals surface area contributed by atoms with E-state index in [0.29, 0.717) is 0 Å². The van der Waals surface area contributed by atoms with E-state index < -0.39 is 0 Å². The van der Waals surface area contributed by atoms with E-state index in [1.54, 1.807) is 0 Å². The van der Waals surface area contributed by atoms with Crippen molar-refractivity contribution in [2.75, 3.05) is 12.4 Å². The van der Waals surface area contributed by atoms with Gasteiger partial charge in [-0.15, -0.1) is 0 Å². The Morgan fingerprint density at radius 2 is 1.81 bits per heavy atom. The lowest BCUT2D eigenvalue weighted by Crippen LogP contribution is -1.97. The van der Waals surface area contributed by atoms with Crippen molar-refractivity contribution < 1.29 is 4.74 Å². The Bertz CT molecular complexity index is 484. The number of thiol groups is 1. The maximum absolute atomic E-state index is 5.62. The monoisotopic (exact) mass is 296 g/mol. The average Bonchev–Trinajstić information content (AvgIpc) is 2.29. The standard InChI is InChI=1S/C13H13BrOS/c14-12-4-2-11-9-13(15-6-1-7-16)5-3-10(11)8-12/h2-5,8-9,16H,1,6-7H2. The quantitative estimate of drug-likeness (QED) is 0.654. The number of benzene rings is 2. The van der Waals surface area contributed by atoms with E-state index in [-0.39, 0.29) is 0 Å². The van der Waals surface area contributed by atoms with Gasteiger partial charge in [0.1, 0.15) is 5.75 Å². The van der Waals surface area contributed by atoms with Gasteiger partial charge in [-0.3, -0.25) is 0 Å². The predicted molar refractivity (Wildman–Crippen MR) is 75.6 cm³/mol. The van der Waals surface area contributed by atoms with Crippen LogP contribution in [0.3, 0.4) is 0 Å². The molecule has 0 saturated heterocycles. The summed E-state index contributed by atoms with van der Waals surface area (Å²) in [6.07, 6.45) is 0.974. The molecule has 0 aliphatic heterocycles. The number of hydrogen-bond acceptors (Lipinski definition) is 2. The molecule has 0 aliphatic rings. The van der Waals surface area contributed by atoms with Gasteiger partial charge in [-0.05, 0) is 47.2 Å². The molecule has 0 amide bonds. The van der Waals surface area contributed by atoms with Crippen LogP contribution in [0.2, 0.25) is 0 Å². The summed E-state index contributed by atoms with van der Waals surface area (Å²) >= 11 is 7.61. The molecule has 1 nitrogen and oxygen atoms in total. The predicted octanol–water partition coefficient (Wildman–Crippen LogP) is 4.30. The SMILES string of the molecule is SCCCOc1ccc2cc(Br)ccc2c1. The van der Waals surface area contributed by atoms with Crippen molar-refractivity contribution in [2.45, 2.75) is 6.42 Å². The third-order valence-electron chi connectivity index (χ3n) is 2.34. The van der Waals surface area contributed by atoms with Crippen LogP contribution in [-0.4, -0.2) is 12.4 Å². The first-order valence-corrected chi connectivity index (χ1v) is 6.65. The summed E-state index contributed by atoms with van der Waals surface area (Å²) in [5.41, 5.74) is 0. The van der Waals surface area contributed by atoms with Crippen molar-refractivity contribution in [3.8, 4) is 5.75 Å². The second-order valence-electron chi connectivity index (χ2n) is 3.58. The number of rotatable bonds is 4. The van der Waals surface area contributed by atoms with Crippen molar-refractivity contribution in [2.24, 2.45) is 0 Å². The van der Waals surface area contributed by atoms with Gasteiger partial charge in [-0.1, -0.05) is 28.1 Å². The molecule has 3 heteroatoms. The van der Waals surface area contributed by atoms with E-state index in [9.17, 15) is 0 Å². The maximum Gasteiger partial charge on any atom is 0.119 e. The highest BCUT2D eigenvalue weighted by molar-refractivity contribution is 9.10. The van der Waals surface area contributed by atoms with E-state index in [2.05, 4.69) is 52.8 Å². The van der Waals surface area contributed by atoms with Crippen LogP contribution in [0.5, 0.6) is 5.75 Å². The molecule has 0 aliphatic carbocycles. The zero-order valence-electron chi connectivity index (χ0n) is 8.82. The zero-order valence-corrected chi connectivity index (χ0v) is 11.3. The van der Waals surface area contributed by atoms with Gasteiger partial charge in [0.15, 0.2) is 0 Å². The number of ether oxygens (including phenoxy) is 1. The van der Waals surface area contributed by atoms with Gasteiger partial charge in [0.25, 0.3) is 0 Å². The second-order valence-corrected chi connectivity index (χ2v) is 4.94. The summed E-state index contributed by atoms with van der Waals surface area (Å²) in [5.74, 6) is 1.79. The highest BCUT2D eigenvalue weighted by Crippen LogP contribution is 2.24. The Hall–Kier alpha value is -0.670. The summed E-state index contributed by atoms with van der Waals surface area (Å²) in [7, 11) is 0. The van der Waals surface area contributed by atoms with E-state index in [4.69, 9.17) is 4.74 Å². The van der Waals surface area contributed by atoms with Crippen LogP contribution in [0.1, 0.15) is 6.42 Å². The smallest absolute Gasteiger partial charge is 0.119 e. The first kappa shape index (κ1) is 11.8. The van der Waals surface area contributed by atoms with Crippen LogP contribution in [-0.2, 0) is 0 Å². The van der Waals surface area contributed by atoms with Crippen molar-refractivity contribution in [1.82, 2.24) is 0 Å². The summed E-state index contributed by atoms with van der Waals surface area (Å²) in [5, 5.41) is 2.42. The first-order valence-electron chi connectivity index (χ1n) is 5.22. The Morgan fingerprint density at radius 3 is 2.62 bits per heavy atom. The van der Waals surface area contributed by atoms with Gasteiger partial charge in [0.2, 0.25) is 0 Å². The van der Waals surface area contributed by atoms with Crippen LogP contribution in [0.15, 0.2) is 40.9 Å². The molecule has 0 fully saturated rings. The number of fused-ring (bicyclic) bond motifs is 1. The van der Waals surface area contributed by atoms with Crippen LogP contribution in [0.25, 0.3) is 10.8 Å². The third kappa shape index (κ3) is 2.92. The molecule has 2 rings (SSSR count). The van der Waals surface area contributed by atoms with Crippen LogP contribution in [0, 0.1) is 0 Å². The van der Waals surface area contributed by atoms with Crippen molar-refractivity contribution >= 4 is 39.3 Å². The van der Waals surface area contributed by atoms with E-state index in [1.807, 2.05) is 12.1 Å². The summed E-state index contributed by atoms with van der Waals surface area (Å²) in [4.78, 5) is 0. The first-order chi connectivity index (χ1) is 7.79. The molecule has 0 radical (unpaired) electrons. The van der Waals surface area contributed by atoms with Crippen molar-refractivity contribution in [3.63, 3.8) is 0 Å². The van der Waals surface area contributed by atoms with Crippen LogP contribution < -0.4 is 4.74 Å². The lowest BCUT2D eigenvalue weighted by Gasteiger charge is -2.06. The van der Waals surface area contributed by atoms with Gasteiger partial charge in [0.05, 0.1) is 6.61 Å². The molecule has 2 aromatic rings. The van der Waals surface area contributed by atoms with Gasteiger partial charge < -0.3 is 4.74 Å². The van der Waals surface area contributed by atoms with Gasteiger partial charge in [-0.25, -0.2) is 0 Å². The molecule has 0 saturated carbocycles. The number of halogens is 1. The van der Waals surface area contributed by atoms with Gasteiger partial charge in [0, 0.05) is 4.47 Å². The fraction of sp³-hybridized carbons (Fsp3) is 0.231. The lowest BCUT2D eigenvalue weighted by molar-refractivity contribution is 0.319. The normalized spacial score (nSPS) is 10.6. The summed E-state index contributed by atoms with van der Waals surface area (Å²) in [6, 6.07) is 12.4. The average molecular weight is 297 g/mol. The topological polar surface area (TPSA) is 9.23 Å². The molecule has 0 aromatic heterocycles. The largest absolute Gasteiger partial charge is 0.494 e. The Balaban J connectivity index is 2.20. The fourth-order valence-electron chi connectivity index (χ4n) is 1.54. The molecule has 84 valence electrons. The molecule has 0 unspecified atom stereocenters. The summed E-state index contributed by atoms with van der Waals surface area (Å²) in [6.45, 7) is 0.728. The van der Waals surface area contributed by atoms with E-state index in [0.717, 1.165) is 29.0 Å². The highest BCUT2D eigenvalue weighted by Gasteiger charge is 1.98. The molecule has 0 N–H and O–H groups in total. The molecule has 0 spiro atoms. The van der Waals surface area contributed by atoms with Crippen molar-refractivity contribution in [3.05, 3.63) is 40.9 Å². The minimum atomic E-state index is 0.728. The summed E-state index contributed by atoms with van der Waals surface area (Å²) < 4.78 is 6.72. The molecule has 16 heavy (non-hydrogen) atoms. The second kappa shape index (κ2) is 5.60. The molecular weight excluding hydrogens is 284 g/mol. The minimum absolute atomic E-state index is 0.728.